The standard InChI is InChI=1S/C15H17N3O2/c1-9-3-6-14(20-2)13(7-9)18-15(19)11-5-4-10(16)8-12(11)17/h3-8H,16-17H2,1-2H3,(H,18,19). The summed E-state index contributed by atoms with van der Waals surface area (Å²) < 4.78 is 5.22. The predicted octanol–water partition coefficient (Wildman–Crippen LogP) is 2.42. The molecule has 0 aliphatic rings. The van der Waals surface area contributed by atoms with Crippen molar-refractivity contribution < 1.29 is 9.53 Å². The monoisotopic (exact) mass is 271 g/mol. The number of carbonyl (C=O) groups is 1. The van der Waals surface area contributed by atoms with E-state index in [4.69, 9.17) is 16.2 Å². The van der Waals surface area contributed by atoms with Gasteiger partial charge in [0.05, 0.1) is 18.4 Å². The first-order chi connectivity index (χ1) is 9.51. The molecule has 0 heterocycles. The highest BCUT2D eigenvalue weighted by molar-refractivity contribution is 6.08. The van der Waals surface area contributed by atoms with Crippen molar-refractivity contribution in [2.75, 3.05) is 23.9 Å². The molecule has 2 aromatic carbocycles. The number of rotatable bonds is 3. The topological polar surface area (TPSA) is 90.4 Å². The molecule has 0 spiro atoms. The minimum Gasteiger partial charge on any atom is -0.495 e. The Morgan fingerprint density at radius 2 is 1.90 bits per heavy atom. The lowest BCUT2D eigenvalue weighted by molar-refractivity contribution is 0.102. The number of nitrogens with one attached hydrogen (secondary N) is 1. The quantitative estimate of drug-likeness (QED) is 0.748. The highest BCUT2D eigenvalue weighted by Crippen LogP contribution is 2.26. The van der Waals surface area contributed by atoms with E-state index in [1.54, 1.807) is 31.4 Å². The van der Waals surface area contributed by atoms with E-state index >= 15 is 0 Å². The lowest BCUT2D eigenvalue weighted by atomic mass is 10.1. The Morgan fingerprint density at radius 3 is 2.55 bits per heavy atom. The summed E-state index contributed by atoms with van der Waals surface area (Å²) in [6.07, 6.45) is 0. The SMILES string of the molecule is COc1ccc(C)cc1NC(=O)c1ccc(N)cc1N. The number of aryl methyl sites for hydroxylation is 1. The van der Waals surface area contributed by atoms with Crippen molar-refractivity contribution >= 4 is 23.0 Å². The van der Waals surface area contributed by atoms with Gasteiger partial charge in [-0.1, -0.05) is 6.07 Å². The molecule has 5 nitrogen and oxygen atoms in total. The average Bonchev–Trinajstić information content (AvgIpc) is 2.38. The molecule has 0 aromatic heterocycles. The van der Waals surface area contributed by atoms with Gasteiger partial charge in [-0.3, -0.25) is 4.79 Å². The van der Waals surface area contributed by atoms with E-state index in [0.29, 0.717) is 28.4 Å². The molecule has 1 amide bonds. The van der Waals surface area contributed by atoms with Gasteiger partial charge in [0.15, 0.2) is 0 Å². The van der Waals surface area contributed by atoms with Crippen LogP contribution in [0.5, 0.6) is 5.75 Å². The second-order valence-electron chi connectivity index (χ2n) is 4.50. The molecular formula is C15H17N3O2. The van der Waals surface area contributed by atoms with E-state index in [-0.39, 0.29) is 5.91 Å². The molecule has 0 aliphatic carbocycles. The van der Waals surface area contributed by atoms with Crippen LogP contribution in [0.2, 0.25) is 0 Å². The van der Waals surface area contributed by atoms with E-state index in [9.17, 15) is 4.79 Å². The van der Waals surface area contributed by atoms with E-state index in [2.05, 4.69) is 5.32 Å². The van der Waals surface area contributed by atoms with Gasteiger partial charge in [-0.15, -0.1) is 0 Å². The van der Waals surface area contributed by atoms with Gasteiger partial charge in [-0.25, -0.2) is 0 Å². The van der Waals surface area contributed by atoms with Crippen LogP contribution in [0, 0.1) is 6.92 Å². The fourth-order valence-corrected chi connectivity index (χ4v) is 1.90. The van der Waals surface area contributed by atoms with Crippen molar-refractivity contribution in [3.05, 3.63) is 47.5 Å². The molecule has 2 aromatic rings. The molecule has 5 N–H and O–H groups in total. The van der Waals surface area contributed by atoms with Crippen molar-refractivity contribution in [3.63, 3.8) is 0 Å². The number of methoxy groups -OCH3 is 1. The summed E-state index contributed by atoms with van der Waals surface area (Å²) in [6, 6.07) is 10.3. The fourth-order valence-electron chi connectivity index (χ4n) is 1.90. The zero-order valence-corrected chi connectivity index (χ0v) is 11.4. The number of nitrogen functional groups attached to an aromatic ring is 2. The van der Waals surface area contributed by atoms with Crippen molar-refractivity contribution in [3.8, 4) is 5.75 Å². The van der Waals surface area contributed by atoms with Crippen LogP contribution in [0.3, 0.4) is 0 Å². The normalized spacial score (nSPS) is 10.1. The molecule has 0 radical (unpaired) electrons. The summed E-state index contributed by atoms with van der Waals surface area (Å²) in [6.45, 7) is 1.94. The second kappa shape index (κ2) is 5.52. The fraction of sp³-hybridized carbons (Fsp3) is 0.133. The summed E-state index contributed by atoms with van der Waals surface area (Å²) in [5.74, 6) is 0.296. The van der Waals surface area contributed by atoms with Gasteiger partial charge in [-0.05, 0) is 42.8 Å². The Morgan fingerprint density at radius 1 is 1.15 bits per heavy atom. The second-order valence-corrected chi connectivity index (χ2v) is 4.50. The maximum absolute atomic E-state index is 12.2. The third-order valence-corrected chi connectivity index (χ3v) is 2.92. The van der Waals surface area contributed by atoms with Crippen LogP contribution < -0.4 is 21.5 Å². The molecule has 0 saturated carbocycles. The summed E-state index contributed by atoms with van der Waals surface area (Å²) in [7, 11) is 1.55. The van der Waals surface area contributed by atoms with Crippen LogP contribution in [-0.4, -0.2) is 13.0 Å². The smallest absolute Gasteiger partial charge is 0.257 e. The number of amides is 1. The summed E-state index contributed by atoms with van der Waals surface area (Å²) >= 11 is 0. The van der Waals surface area contributed by atoms with Crippen LogP contribution in [-0.2, 0) is 0 Å². The van der Waals surface area contributed by atoms with Gasteiger partial charge in [0.2, 0.25) is 0 Å². The predicted molar refractivity (Wildman–Crippen MR) is 81.0 cm³/mol. The van der Waals surface area contributed by atoms with Gasteiger partial charge < -0.3 is 21.5 Å². The highest BCUT2D eigenvalue weighted by Gasteiger charge is 2.12. The molecule has 0 aliphatic heterocycles. The Hall–Kier alpha value is -2.69. The number of ether oxygens (including phenoxy) is 1. The first-order valence-electron chi connectivity index (χ1n) is 6.12. The third kappa shape index (κ3) is 2.83. The molecule has 5 heteroatoms. The van der Waals surface area contributed by atoms with E-state index in [1.807, 2.05) is 19.1 Å². The maximum Gasteiger partial charge on any atom is 0.257 e. The minimum atomic E-state index is -0.300. The van der Waals surface area contributed by atoms with Gasteiger partial charge >= 0.3 is 0 Å². The summed E-state index contributed by atoms with van der Waals surface area (Å²) in [5, 5.41) is 2.79. The lowest BCUT2D eigenvalue weighted by Crippen LogP contribution is -2.15. The zero-order chi connectivity index (χ0) is 14.7. The third-order valence-electron chi connectivity index (χ3n) is 2.92. The Balaban J connectivity index is 2.30. The molecule has 2 rings (SSSR count). The van der Waals surface area contributed by atoms with Crippen molar-refractivity contribution in [2.45, 2.75) is 6.92 Å². The number of carbonyl (C=O) groups excluding carboxylic acids is 1. The van der Waals surface area contributed by atoms with Gasteiger partial charge in [0, 0.05) is 11.4 Å². The number of anilines is 3. The lowest BCUT2D eigenvalue weighted by Gasteiger charge is -2.12. The molecule has 0 atom stereocenters. The summed E-state index contributed by atoms with van der Waals surface area (Å²) in [5.41, 5.74) is 14.3. The molecule has 104 valence electrons. The van der Waals surface area contributed by atoms with Gasteiger partial charge in [-0.2, -0.15) is 0 Å². The van der Waals surface area contributed by atoms with Gasteiger partial charge in [0.1, 0.15) is 5.75 Å². The number of nitrogens with two attached hydrogens (primary N) is 2. The molecule has 20 heavy (non-hydrogen) atoms. The largest absolute Gasteiger partial charge is 0.495 e. The summed E-state index contributed by atoms with van der Waals surface area (Å²) in [4.78, 5) is 12.2. The first-order valence-corrected chi connectivity index (χ1v) is 6.12. The van der Waals surface area contributed by atoms with E-state index in [1.165, 1.54) is 0 Å². The Kier molecular flexibility index (Phi) is 3.79. The number of benzene rings is 2. The minimum absolute atomic E-state index is 0.300. The average molecular weight is 271 g/mol. The van der Waals surface area contributed by atoms with Crippen LogP contribution in [0.4, 0.5) is 17.1 Å². The van der Waals surface area contributed by atoms with Crippen LogP contribution >= 0.6 is 0 Å². The molecule has 0 bridgehead atoms. The van der Waals surface area contributed by atoms with Gasteiger partial charge in [0.25, 0.3) is 5.91 Å². The first kappa shape index (κ1) is 13.7. The van der Waals surface area contributed by atoms with Crippen molar-refractivity contribution in [1.29, 1.82) is 0 Å². The molecular weight excluding hydrogens is 254 g/mol. The van der Waals surface area contributed by atoms with Crippen molar-refractivity contribution in [1.82, 2.24) is 0 Å². The van der Waals surface area contributed by atoms with Crippen molar-refractivity contribution in [2.24, 2.45) is 0 Å². The maximum atomic E-state index is 12.2. The Bertz CT molecular complexity index is 654. The van der Waals surface area contributed by atoms with E-state index < -0.39 is 0 Å². The highest BCUT2D eigenvalue weighted by atomic mass is 16.5. The molecule has 0 unspecified atom stereocenters. The number of hydrogen-bond donors (Lipinski definition) is 3. The Labute approximate surface area is 117 Å². The van der Waals surface area contributed by atoms with Crippen LogP contribution in [0.25, 0.3) is 0 Å². The molecule has 0 saturated heterocycles. The van der Waals surface area contributed by atoms with Crippen LogP contribution in [0.1, 0.15) is 15.9 Å². The van der Waals surface area contributed by atoms with Crippen LogP contribution in [0.15, 0.2) is 36.4 Å². The zero-order valence-electron chi connectivity index (χ0n) is 11.4. The van der Waals surface area contributed by atoms with E-state index in [0.717, 1.165) is 5.56 Å². The molecule has 0 fully saturated rings. The number of hydrogen-bond acceptors (Lipinski definition) is 4.